The molecular formula is C13H22N2. The van der Waals surface area contributed by atoms with E-state index >= 15 is 0 Å². The average molecular weight is 206 g/mol. The van der Waals surface area contributed by atoms with E-state index in [0.29, 0.717) is 6.04 Å². The summed E-state index contributed by atoms with van der Waals surface area (Å²) in [5.41, 5.74) is 1.35. The molecule has 0 aliphatic carbocycles. The van der Waals surface area contributed by atoms with Crippen molar-refractivity contribution >= 4 is 0 Å². The Morgan fingerprint density at radius 3 is 2.87 bits per heavy atom. The molecule has 0 aromatic carbocycles. The largest absolute Gasteiger partial charge is 0.314 e. The zero-order valence-corrected chi connectivity index (χ0v) is 9.87. The highest BCUT2D eigenvalue weighted by atomic mass is 14.9. The second kappa shape index (κ2) is 7.41. The molecule has 0 aliphatic rings. The highest BCUT2D eigenvalue weighted by molar-refractivity contribution is 5.08. The number of aromatic nitrogens is 1. The van der Waals surface area contributed by atoms with Gasteiger partial charge in [-0.05, 0) is 43.9 Å². The molecule has 0 fully saturated rings. The summed E-state index contributed by atoms with van der Waals surface area (Å²) in [5.74, 6) is 0. The summed E-state index contributed by atoms with van der Waals surface area (Å²) in [4.78, 5) is 4.12. The zero-order chi connectivity index (χ0) is 10.9. The second-order valence-electron chi connectivity index (χ2n) is 3.92. The first-order chi connectivity index (χ1) is 7.36. The molecule has 1 rings (SSSR count). The van der Waals surface area contributed by atoms with Crippen molar-refractivity contribution in [2.45, 2.75) is 45.6 Å². The van der Waals surface area contributed by atoms with Gasteiger partial charge in [0.2, 0.25) is 0 Å². The van der Waals surface area contributed by atoms with Crippen molar-refractivity contribution in [3.05, 3.63) is 30.1 Å². The number of aryl methyl sites for hydroxylation is 1. The first-order valence-corrected chi connectivity index (χ1v) is 5.99. The molecule has 1 unspecified atom stereocenters. The van der Waals surface area contributed by atoms with Crippen molar-refractivity contribution < 1.29 is 0 Å². The Hall–Kier alpha value is -0.890. The molecule has 2 heteroatoms. The maximum atomic E-state index is 4.12. The molecule has 15 heavy (non-hydrogen) atoms. The minimum absolute atomic E-state index is 0.687. The summed E-state index contributed by atoms with van der Waals surface area (Å²) >= 11 is 0. The number of nitrogens with one attached hydrogen (secondary N) is 1. The fourth-order valence-electron chi connectivity index (χ4n) is 1.84. The smallest absolute Gasteiger partial charge is 0.0299 e. The van der Waals surface area contributed by atoms with Crippen LogP contribution < -0.4 is 5.32 Å². The van der Waals surface area contributed by atoms with Crippen LogP contribution in [0.4, 0.5) is 0 Å². The number of pyridine rings is 1. The molecule has 0 aliphatic heterocycles. The Kier molecular flexibility index (Phi) is 6.02. The Morgan fingerprint density at radius 1 is 1.40 bits per heavy atom. The van der Waals surface area contributed by atoms with E-state index in [4.69, 9.17) is 0 Å². The molecule has 1 aromatic rings. The van der Waals surface area contributed by atoms with Crippen molar-refractivity contribution in [1.29, 1.82) is 0 Å². The summed E-state index contributed by atoms with van der Waals surface area (Å²) in [7, 11) is 0. The summed E-state index contributed by atoms with van der Waals surface area (Å²) < 4.78 is 0. The van der Waals surface area contributed by atoms with Crippen LogP contribution in [-0.4, -0.2) is 17.6 Å². The Balaban J connectivity index is 2.20. The predicted octanol–water partition coefficient (Wildman–Crippen LogP) is 2.79. The summed E-state index contributed by atoms with van der Waals surface area (Å²) in [6.07, 6.45) is 8.68. The molecule has 84 valence electrons. The number of hydrogen-bond acceptors (Lipinski definition) is 2. The maximum absolute atomic E-state index is 4.12. The average Bonchev–Trinajstić information content (AvgIpc) is 2.29. The topological polar surface area (TPSA) is 24.9 Å². The van der Waals surface area contributed by atoms with E-state index in [-0.39, 0.29) is 0 Å². The van der Waals surface area contributed by atoms with E-state index in [1.54, 1.807) is 0 Å². The van der Waals surface area contributed by atoms with Crippen molar-refractivity contribution in [3.8, 4) is 0 Å². The van der Waals surface area contributed by atoms with Crippen LogP contribution >= 0.6 is 0 Å². The van der Waals surface area contributed by atoms with Gasteiger partial charge in [0, 0.05) is 18.4 Å². The van der Waals surface area contributed by atoms with Crippen molar-refractivity contribution in [2.24, 2.45) is 0 Å². The van der Waals surface area contributed by atoms with Crippen LogP contribution in [-0.2, 0) is 6.42 Å². The molecule has 0 saturated carbocycles. The van der Waals surface area contributed by atoms with Gasteiger partial charge in [-0.1, -0.05) is 19.9 Å². The first kappa shape index (κ1) is 12.2. The normalized spacial score (nSPS) is 12.7. The molecule has 0 bridgehead atoms. The van der Waals surface area contributed by atoms with Gasteiger partial charge in [-0.3, -0.25) is 4.98 Å². The number of hydrogen-bond donors (Lipinski definition) is 1. The Bertz CT molecular complexity index is 246. The van der Waals surface area contributed by atoms with Crippen LogP contribution in [0.25, 0.3) is 0 Å². The van der Waals surface area contributed by atoms with Crippen LogP contribution in [0.2, 0.25) is 0 Å². The SMILES string of the molecule is CCNC(CC)CCCc1cccnc1. The standard InChI is InChI=1S/C13H22N2/c1-3-13(15-4-2)9-5-7-12-8-6-10-14-11-12/h6,8,10-11,13,15H,3-5,7,9H2,1-2H3. The maximum Gasteiger partial charge on any atom is 0.0299 e. The van der Waals surface area contributed by atoms with Gasteiger partial charge >= 0.3 is 0 Å². The quantitative estimate of drug-likeness (QED) is 0.742. The minimum Gasteiger partial charge on any atom is -0.314 e. The van der Waals surface area contributed by atoms with Gasteiger partial charge < -0.3 is 5.32 Å². The fourth-order valence-corrected chi connectivity index (χ4v) is 1.84. The summed E-state index contributed by atoms with van der Waals surface area (Å²) in [5, 5.41) is 3.50. The van der Waals surface area contributed by atoms with Gasteiger partial charge in [0.25, 0.3) is 0 Å². The lowest BCUT2D eigenvalue weighted by Gasteiger charge is -2.15. The van der Waals surface area contributed by atoms with E-state index < -0.39 is 0 Å². The highest BCUT2D eigenvalue weighted by Crippen LogP contribution is 2.07. The van der Waals surface area contributed by atoms with Crippen LogP contribution in [0, 0.1) is 0 Å². The third-order valence-electron chi connectivity index (χ3n) is 2.73. The van der Waals surface area contributed by atoms with Gasteiger partial charge in [-0.2, -0.15) is 0 Å². The van der Waals surface area contributed by atoms with Crippen molar-refractivity contribution in [2.75, 3.05) is 6.54 Å². The van der Waals surface area contributed by atoms with Crippen molar-refractivity contribution in [1.82, 2.24) is 10.3 Å². The van der Waals surface area contributed by atoms with Gasteiger partial charge in [-0.15, -0.1) is 0 Å². The Labute approximate surface area is 93.1 Å². The number of rotatable bonds is 7. The lowest BCUT2D eigenvalue weighted by Crippen LogP contribution is -2.27. The van der Waals surface area contributed by atoms with Crippen molar-refractivity contribution in [3.63, 3.8) is 0 Å². The first-order valence-electron chi connectivity index (χ1n) is 5.99. The Morgan fingerprint density at radius 2 is 2.27 bits per heavy atom. The third-order valence-corrected chi connectivity index (χ3v) is 2.73. The van der Waals surface area contributed by atoms with Gasteiger partial charge in [0.15, 0.2) is 0 Å². The number of nitrogens with zero attached hydrogens (tertiary/aromatic N) is 1. The van der Waals surface area contributed by atoms with E-state index in [9.17, 15) is 0 Å². The second-order valence-corrected chi connectivity index (χ2v) is 3.92. The molecule has 0 spiro atoms. The van der Waals surface area contributed by atoms with Crippen LogP contribution in [0.3, 0.4) is 0 Å². The lowest BCUT2D eigenvalue weighted by molar-refractivity contribution is 0.467. The molecule has 1 atom stereocenters. The van der Waals surface area contributed by atoms with Crippen LogP contribution in [0.1, 0.15) is 38.7 Å². The minimum atomic E-state index is 0.687. The van der Waals surface area contributed by atoms with E-state index in [1.807, 2.05) is 18.5 Å². The third kappa shape index (κ3) is 4.93. The molecule has 0 saturated heterocycles. The van der Waals surface area contributed by atoms with Gasteiger partial charge in [0.1, 0.15) is 0 Å². The molecule has 0 radical (unpaired) electrons. The fraction of sp³-hybridized carbons (Fsp3) is 0.615. The zero-order valence-electron chi connectivity index (χ0n) is 9.87. The molecule has 1 N–H and O–H groups in total. The molecule has 1 heterocycles. The molecule has 1 aromatic heterocycles. The van der Waals surface area contributed by atoms with E-state index in [1.165, 1.54) is 24.8 Å². The molecule has 0 amide bonds. The van der Waals surface area contributed by atoms with E-state index in [0.717, 1.165) is 13.0 Å². The van der Waals surface area contributed by atoms with Crippen LogP contribution in [0.5, 0.6) is 0 Å². The summed E-state index contributed by atoms with van der Waals surface area (Å²) in [6.45, 7) is 5.49. The van der Waals surface area contributed by atoms with Gasteiger partial charge in [0.05, 0.1) is 0 Å². The predicted molar refractivity (Wildman–Crippen MR) is 64.9 cm³/mol. The monoisotopic (exact) mass is 206 g/mol. The summed E-state index contributed by atoms with van der Waals surface area (Å²) in [6, 6.07) is 4.85. The lowest BCUT2D eigenvalue weighted by atomic mass is 10.0. The van der Waals surface area contributed by atoms with E-state index in [2.05, 4.69) is 30.2 Å². The van der Waals surface area contributed by atoms with Crippen LogP contribution in [0.15, 0.2) is 24.5 Å². The molecule has 2 nitrogen and oxygen atoms in total. The molecular weight excluding hydrogens is 184 g/mol. The van der Waals surface area contributed by atoms with Gasteiger partial charge in [-0.25, -0.2) is 0 Å². The highest BCUT2D eigenvalue weighted by Gasteiger charge is 2.03.